The maximum Gasteiger partial charge on any atom is 0.232 e. The van der Waals surface area contributed by atoms with Gasteiger partial charge in [-0.1, -0.05) is 17.3 Å². The van der Waals surface area contributed by atoms with Gasteiger partial charge in [0, 0.05) is 24.2 Å². The average Bonchev–Trinajstić information content (AvgIpc) is 3.35. The van der Waals surface area contributed by atoms with Gasteiger partial charge in [0.2, 0.25) is 17.6 Å². The fraction of sp³-hybridized carbons (Fsp3) is 0.250. The van der Waals surface area contributed by atoms with Gasteiger partial charge in [0.05, 0.1) is 20.1 Å². The lowest BCUT2D eigenvalue weighted by atomic mass is 10.1. The third-order valence-electron chi connectivity index (χ3n) is 4.63. The largest absolute Gasteiger partial charge is 0.497 e. The van der Waals surface area contributed by atoms with Crippen LogP contribution in [0.2, 0.25) is 0 Å². The van der Waals surface area contributed by atoms with E-state index in [0.717, 1.165) is 22.7 Å². The normalized spacial score (nSPS) is 16.6. The summed E-state index contributed by atoms with van der Waals surface area (Å²) in [6.07, 6.45) is 0.339. The number of anilines is 1. The zero-order valence-corrected chi connectivity index (χ0v) is 15.1. The van der Waals surface area contributed by atoms with Crippen LogP contribution in [-0.4, -0.2) is 36.8 Å². The lowest BCUT2D eigenvalue weighted by molar-refractivity contribution is -0.117. The second-order valence-corrected chi connectivity index (χ2v) is 6.29. The van der Waals surface area contributed by atoms with Crippen molar-refractivity contribution < 1.29 is 18.8 Å². The number of aromatic nitrogens is 2. The predicted octanol–water partition coefficient (Wildman–Crippen LogP) is 3.27. The van der Waals surface area contributed by atoms with Crippen molar-refractivity contribution in [1.29, 1.82) is 0 Å². The molecule has 1 aliphatic heterocycles. The first-order valence-corrected chi connectivity index (χ1v) is 8.60. The molecular weight excluding hydrogens is 346 g/mol. The second kappa shape index (κ2) is 7.11. The van der Waals surface area contributed by atoms with Crippen molar-refractivity contribution in [3.8, 4) is 22.9 Å². The van der Waals surface area contributed by atoms with Crippen molar-refractivity contribution in [3.05, 3.63) is 54.4 Å². The van der Waals surface area contributed by atoms with E-state index in [2.05, 4.69) is 10.1 Å². The van der Waals surface area contributed by atoms with Crippen LogP contribution in [0.25, 0.3) is 11.4 Å². The molecule has 27 heavy (non-hydrogen) atoms. The van der Waals surface area contributed by atoms with Crippen LogP contribution in [0.3, 0.4) is 0 Å². The highest BCUT2D eigenvalue weighted by Crippen LogP contribution is 2.33. The standard InChI is InChI=1S/C20H19N3O4/c1-25-16-8-6-15(7-9-16)23-12-14(11-18(23)24)20-21-19(22-27-20)13-4-3-5-17(10-13)26-2/h3-10,14H,11-12H2,1-2H3. The SMILES string of the molecule is COc1ccc(N2CC(c3nc(-c4cccc(OC)c4)no3)CC2=O)cc1. The molecule has 0 radical (unpaired) electrons. The van der Waals surface area contributed by atoms with Gasteiger partial charge < -0.3 is 18.9 Å². The minimum absolute atomic E-state index is 0.0336. The summed E-state index contributed by atoms with van der Waals surface area (Å²) < 4.78 is 15.8. The van der Waals surface area contributed by atoms with Gasteiger partial charge in [-0.3, -0.25) is 4.79 Å². The number of nitrogens with zero attached hydrogens (tertiary/aromatic N) is 3. The minimum atomic E-state index is -0.133. The molecule has 0 spiro atoms. The third-order valence-corrected chi connectivity index (χ3v) is 4.63. The van der Waals surface area contributed by atoms with Gasteiger partial charge in [0.25, 0.3) is 0 Å². The summed E-state index contributed by atoms with van der Waals surface area (Å²) in [6.45, 7) is 0.505. The number of methoxy groups -OCH3 is 2. The highest BCUT2D eigenvalue weighted by molar-refractivity contribution is 5.96. The Morgan fingerprint density at radius 2 is 1.85 bits per heavy atom. The summed E-state index contributed by atoms with van der Waals surface area (Å²) >= 11 is 0. The Hall–Kier alpha value is -3.35. The number of hydrogen-bond acceptors (Lipinski definition) is 6. The summed E-state index contributed by atoms with van der Waals surface area (Å²) in [7, 11) is 3.22. The van der Waals surface area contributed by atoms with E-state index in [1.807, 2.05) is 48.5 Å². The Morgan fingerprint density at radius 1 is 1.07 bits per heavy atom. The first-order chi connectivity index (χ1) is 13.2. The summed E-state index contributed by atoms with van der Waals surface area (Å²) in [6, 6.07) is 14.9. The van der Waals surface area contributed by atoms with E-state index in [-0.39, 0.29) is 11.8 Å². The Morgan fingerprint density at radius 3 is 2.59 bits per heavy atom. The number of amides is 1. The summed E-state index contributed by atoms with van der Waals surface area (Å²) in [5, 5.41) is 4.06. The number of ether oxygens (including phenoxy) is 2. The molecule has 1 aliphatic rings. The van der Waals surface area contributed by atoms with Crippen LogP contribution in [0.15, 0.2) is 53.1 Å². The second-order valence-electron chi connectivity index (χ2n) is 6.29. The molecule has 0 bridgehead atoms. The molecule has 138 valence electrons. The Labute approximate surface area is 156 Å². The number of hydrogen-bond donors (Lipinski definition) is 0. The zero-order chi connectivity index (χ0) is 18.8. The van der Waals surface area contributed by atoms with Gasteiger partial charge in [0.15, 0.2) is 0 Å². The monoisotopic (exact) mass is 365 g/mol. The van der Waals surface area contributed by atoms with Crippen LogP contribution in [0.5, 0.6) is 11.5 Å². The fourth-order valence-electron chi connectivity index (χ4n) is 3.17. The van der Waals surface area contributed by atoms with Crippen molar-refractivity contribution in [3.63, 3.8) is 0 Å². The predicted molar refractivity (Wildman–Crippen MR) is 99.0 cm³/mol. The topological polar surface area (TPSA) is 77.7 Å². The van der Waals surface area contributed by atoms with Crippen LogP contribution in [-0.2, 0) is 4.79 Å². The van der Waals surface area contributed by atoms with Crippen molar-refractivity contribution in [2.45, 2.75) is 12.3 Å². The van der Waals surface area contributed by atoms with E-state index in [0.29, 0.717) is 24.7 Å². The molecule has 7 nitrogen and oxygen atoms in total. The van der Waals surface area contributed by atoms with Gasteiger partial charge in [-0.2, -0.15) is 4.98 Å². The van der Waals surface area contributed by atoms with Crippen LogP contribution in [0, 0.1) is 0 Å². The smallest absolute Gasteiger partial charge is 0.232 e. The molecule has 1 fully saturated rings. The summed E-state index contributed by atoms with van der Waals surface area (Å²) in [5.74, 6) is 2.33. The van der Waals surface area contributed by atoms with Crippen LogP contribution in [0.1, 0.15) is 18.2 Å². The lowest BCUT2D eigenvalue weighted by Crippen LogP contribution is -2.24. The zero-order valence-electron chi connectivity index (χ0n) is 15.1. The van der Waals surface area contributed by atoms with Gasteiger partial charge in [-0.25, -0.2) is 0 Å². The molecule has 1 saturated heterocycles. The molecule has 1 atom stereocenters. The van der Waals surface area contributed by atoms with Gasteiger partial charge >= 0.3 is 0 Å². The van der Waals surface area contributed by atoms with Gasteiger partial charge in [0.1, 0.15) is 11.5 Å². The molecule has 2 aromatic carbocycles. The lowest BCUT2D eigenvalue weighted by Gasteiger charge is -2.16. The molecule has 0 aliphatic carbocycles. The first kappa shape index (κ1) is 17.1. The quantitative estimate of drug-likeness (QED) is 0.691. The van der Waals surface area contributed by atoms with Gasteiger partial charge in [-0.15, -0.1) is 0 Å². The highest BCUT2D eigenvalue weighted by Gasteiger charge is 2.35. The molecule has 0 saturated carbocycles. The van der Waals surface area contributed by atoms with Gasteiger partial charge in [-0.05, 0) is 36.4 Å². The van der Waals surface area contributed by atoms with Crippen molar-refractivity contribution in [2.24, 2.45) is 0 Å². The van der Waals surface area contributed by atoms with Crippen LogP contribution >= 0.6 is 0 Å². The molecule has 1 unspecified atom stereocenters. The van der Waals surface area contributed by atoms with Crippen molar-refractivity contribution >= 4 is 11.6 Å². The maximum absolute atomic E-state index is 12.5. The summed E-state index contributed by atoms with van der Waals surface area (Å²) in [5.41, 5.74) is 1.64. The van der Waals surface area contributed by atoms with E-state index < -0.39 is 0 Å². The molecule has 0 N–H and O–H groups in total. The molecule has 3 aromatic rings. The van der Waals surface area contributed by atoms with E-state index in [9.17, 15) is 4.79 Å². The average molecular weight is 365 g/mol. The molecule has 1 aromatic heterocycles. The molecule has 1 amide bonds. The third kappa shape index (κ3) is 3.36. The van der Waals surface area contributed by atoms with E-state index >= 15 is 0 Å². The van der Waals surface area contributed by atoms with E-state index in [1.54, 1.807) is 19.1 Å². The molecule has 4 rings (SSSR count). The van der Waals surface area contributed by atoms with E-state index in [1.165, 1.54) is 0 Å². The first-order valence-electron chi connectivity index (χ1n) is 8.60. The highest BCUT2D eigenvalue weighted by atomic mass is 16.5. The Balaban J connectivity index is 1.53. The molecular formula is C20H19N3O4. The van der Waals surface area contributed by atoms with E-state index in [4.69, 9.17) is 14.0 Å². The number of benzene rings is 2. The number of carbonyl (C=O) groups is 1. The van der Waals surface area contributed by atoms with Crippen molar-refractivity contribution in [1.82, 2.24) is 10.1 Å². The number of rotatable bonds is 5. The Kier molecular flexibility index (Phi) is 4.50. The fourth-order valence-corrected chi connectivity index (χ4v) is 3.17. The van der Waals surface area contributed by atoms with Crippen molar-refractivity contribution in [2.75, 3.05) is 25.7 Å². The Bertz CT molecular complexity index is 952. The van der Waals surface area contributed by atoms with Crippen LogP contribution in [0.4, 0.5) is 5.69 Å². The minimum Gasteiger partial charge on any atom is -0.497 e. The maximum atomic E-state index is 12.5. The summed E-state index contributed by atoms with van der Waals surface area (Å²) in [4.78, 5) is 18.7. The molecule has 2 heterocycles. The number of carbonyl (C=O) groups excluding carboxylic acids is 1. The van der Waals surface area contributed by atoms with Crippen LogP contribution < -0.4 is 14.4 Å². The molecule has 7 heteroatoms.